The number of hydrogen-bond donors (Lipinski definition) is 3. The van der Waals surface area contributed by atoms with Gasteiger partial charge in [-0.1, -0.05) is 6.07 Å². The van der Waals surface area contributed by atoms with E-state index in [1.807, 2.05) is 32.9 Å². The maximum atomic E-state index is 11.8. The molecule has 2 heterocycles. The van der Waals surface area contributed by atoms with E-state index in [1.165, 1.54) is 0 Å². The molecular formula is C17H27N3O3. The number of hydrogen-bond acceptors (Lipinski definition) is 5. The first kappa shape index (κ1) is 17.7. The topological polar surface area (TPSA) is 83.5 Å². The van der Waals surface area contributed by atoms with E-state index in [9.17, 15) is 9.90 Å². The summed E-state index contributed by atoms with van der Waals surface area (Å²) in [6, 6.07) is 5.40. The highest BCUT2D eigenvalue weighted by Gasteiger charge is 2.22. The van der Waals surface area contributed by atoms with Gasteiger partial charge in [0.05, 0.1) is 6.10 Å². The van der Waals surface area contributed by atoms with Crippen LogP contribution >= 0.6 is 0 Å². The van der Waals surface area contributed by atoms with Gasteiger partial charge in [0, 0.05) is 12.1 Å². The van der Waals surface area contributed by atoms with Crippen molar-refractivity contribution in [3.8, 4) is 0 Å². The van der Waals surface area contributed by atoms with Gasteiger partial charge in [0.2, 0.25) is 0 Å². The Labute approximate surface area is 137 Å². The van der Waals surface area contributed by atoms with Crippen molar-refractivity contribution in [1.82, 2.24) is 10.3 Å². The van der Waals surface area contributed by atoms with Gasteiger partial charge in [0.1, 0.15) is 11.4 Å². The minimum absolute atomic E-state index is 0.306. The lowest BCUT2D eigenvalue weighted by Gasteiger charge is -2.27. The fourth-order valence-corrected chi connectivity index (χ4v) is 2.68. The van der Waals surface area contributed by atoms with Crippen LogP contribution < -0.4 is 10.6 Å². The van der Waals surface area contributed by atoms with E-state index in [-0.39, 0.29) is 0 Å². The van der Waals surface area contributed by atoms with Gasteiger partial charge in [0.25, 0.3) is 0 Å². The molecule has 1 aliphatic rings. The Morgan fingerprint density at radius 1 is 1.43 bits per heavy atom. The number of carbonyl (C=O) groups excluding carboxylic acids is 1. The number of carbonyl (C=O) groups is 1. The molecule has 0 saturated carbocycles. The Bertz CT molecular complexity index is 522. The molecule has 128 valence electrons. The molecular weight excluding hydrogens is 294 g/mol. The molecule has 1 aromatic heterocycles. The van der Waals surface area contributed by atoms with Crippen molar-refractivity contribution >= 4 is 11.9 Å². The molecule has 23 heavy (non-hydrogen) atoms. The van der Waals surface area contributed by atoms with Gasteiger partial charge in [-0.05, 0) is 64.8 Å². The summed E-state index contributed by atoms with van der Waals surface area (Å²) in [6.07, 6.45) is 1.53. The molecule has 1 amide bonds. The zero-order valence-corrected chi connectivity index (χ0v) is 14.1. The molecule has 1 saturated heterocycles. The van der Waals surface area contributed by atoms with E-state index in [0.717, 1.165) is 31.6 Å². The first-order valence-electron chi connectivity index (χ1n) is 8.18. The Balaban J connectivity index is 1.92. The van der Waals surface area contributed by atoms with Gasteiger partial charge in [-0.25, -0.2) is 9.78 Å². The number of nitrogens with one attached hydrogen (secondary N) is 2. The standard InChI is InChI=1S/C17H27N3O3/c1-17(2,3)23-16(22)20-15-6-4-5-13(19-15)11-14(21)12-7-9-18-10-8-12/h4-6,12,14,18,21H,7-11H2,1-3H3,(H,19,20,22). The number of ether oxygens (including phenoxy) is 1. The highest BCUT2D eigenvalue weighted by Crippen LogP contribution is 2.19. The summed E-state index contributed by atoms with van der Waals surface area (Å²) in [5.74, 6) is 0.745. The Kier molecular flexibility index (Phi) is 5.96. The minimum atomic E-state index is -0.549. The summed E-state index contributed by atoms with van der Waals surface area (Å²) >= 11 is 0. The highest BCUT2D eigenvalue weighted by atomic mass is 16.6. The van der Waals surface area contributed by atoms with Crippen molar-refractivity contribution < 1.29 is 14.6 Å². The van der Waals surface area contributed by atoms with Gasteiger partial charge < -0.3 is 15.2 Å². The molecule has 0 aromatic carbocycles. The largest absolute Gasteiger partial charge is 0.444 e. The van der Waals surface area contributed by atoms with E-state index in [0.29, 0.717) is 18.2 Å². The molecule has 0 spiro atoms. The summed E-state index contributed by atoms with van der Waals surface area (Å²) in [7, 11) is 0. The van der Waals surface area contributed by atoms with Gasteiger partial charge in [0.15, 0.2) is 0 Å². The van der Waals surface area contributed by atoms with Crippen molar-refractivity contribution in [3.63, 3.8) is 0 Å². The van der Waals surface area contributed by atoms with Crippen molar-refractivity contribution in [1.29, 1.82) is 0 Å². The average Bonchev–Trinajstić information content (AvgIpc) is 2.46. The summed E-state index contributed by atoms with van der Waals surface area (Å²) in [5, 5.41) is 16.3. The van der Waals surface area contributed by atoms with Crippen molar-refractivity contribution in [3.05, 3.63) is 23.9 Å². The number of aliphatic hydroxyl groups is 1. The molecule has 0 aliphatic carbocycles. The zero-order valence-electron chi connectivity index (χ0n) is 14.1. The number of anilines is 1. The predicted octanol–water partition coefficient (Wildman–Crippen LogP) is 2.33. The molecule has 1 atom stereocenters. The molecule has 2 rings (SSSR count). The van der Waals surface area contributed by atoms with E-state index in [1.54, 1.807) is 6.07 Å². The van der Waals surface area contributed by atoms with Crippen LogP contribution in [0.1, 0.15) is 39.3 Å². The second-order valence-electron chi connectivity index (χ2n) is 7.00. The normalized spacial score (nSPS) is 17.6. The van der Waals surface area contributed by atoms with Crippen LogP contribution in [0.4, 0.5) is 10.6 Å². The first-order valence-corrected chi connectivity index (χ1v) is 8.18. The van der Waals surface area contributed by atoms with Crippen LogP contribution in [0.2, 0.25) is 0 Å². The van der Waals surface area contributed by atoms with E-state index in [2.05, 4.69) is 15.6 Å². The van der Waals surface area contributed by atoms with Crippen molar-refractivity contribution in [2.75, 3.05) is 18.4 Å². The Morgan fingerprint density at radius 2 is 2.13 bits per heavy atom. The predicted molar refractivity (Wildman–Crippen MR) is 89.4 cm³/mol. The minimum Gasteiger partial charge on any atom is -0.444 e. The van der Waals surface area contributed by atoms with Gasteiger partial charge in [-0.2, -0.15) is 0 Å². The maximum absolute atomic E-state index is 11.8. The summed E-state index contributed by atoms with van der Waals surface area (Å²) < 4.78 is 5.21. The third kappa shape index (κ3) is 6.15. The number of nitrogens with zero attached hydrogens (tertiary/aromatic N) is 1. The third-order valence-electron chi connectivity index (χ3n) is 3.78. The monoisotopic (exact) mass is 321 g/mol. The Hall–Kier alpha value is -1.66. The molecule has 1 aliphatic heterocycles. The van der Waals surface area contributed by atoms with Gasteiger partial charge in [-0.3, -0.25) is 5.32 Å². The molecule has 0 bridgehead atoms. The highest BCUT2D eigenvalue weighted by molar-refractivity contribution is 5.83. The van der Waals surface area contributed by atoms with Crippen LogP contribution in [0, 0.1) is 5.92 Å². The number of pyridine rings is 1. The van der Waals surface area contributed by atoms with Crippen LogP contribution in [0.25, 0.3) is 0 Å². The molecule has 1 fully saturated rings. The average molecular weight is 321 g/mol. The number of aromatic nitrogens is 1. The van der Waals surface area contributed by atoms with E-state index >= 15 is 0 Å². The number of aliphatic hydroxyl groups excluding tert-OH is 1. The SMILES string of the molecule is CC(C)(C)OC(=O)Nc1cccc(CC(O)C2CCNCC2)n1. The zero-order chi connectivity index (χ0) is 16.9. The molecule has 6 nitrogen and oxygen atoms in total. The second-order valence-corrected chi connectivity index (χ2v) is 7.00. The maximum Gasteiger partial charge on any atom is 0.413 e. The number of rotatable bonds is 4. The molecule has 1 unspecified atom stereocenters. The van der Waals surface area contributed by atoms with E-state index < -0.39 is 17.8 Å². The molecule has 0 radical (unpaired) electrons. The van der Waals surface area contributed by atoms with Crippen LogP contribution in [-0.4, -0.2) is 41.0 Å². The first-order chi connectivity index (χ1) is 10.8. The summed E-state index contributed by atoms with van der Waals surface area (Å²) in [5.41, 5.74) is 0.219. The van der Waals surface area contributed by atoms with Crippen LogP contribution in [0.15, 0.2) is 18.2 Å². The van der Waals surface area contributed by atoms with E-state index in [4.69, 9.17) is 4.74 Å². The van der Waals surface area contributed by atoms with Crippen LogP contribution in [-0.2, 0) is 11.2 Å². The molecule has 1 aromatic rings. The van der Waals surface area contributed by atoms with Gasteiger partial charge in [-0.15, -0.1) is 0 Å². The lowest BCUT2D eigenvalue weighted by molar-refractivity contribution is 0.0635. The second kappa shape index (κ2) is 7.75. The Morgan fingerprint density at radius 3 is 2.78 bits per heavy atom. The molecule has 3 N–H and O–H groups in total. The smallest absolute Gasteiger partial charge is 0.413 e. The fraction of sp³-hybridized carbons (Fsp3) is 0.647. The lowest BCUT2D eigenvalue weighted by atomic mass is 9.90. The van der Waals surface area contributed by atoms with Gasteiger partial charge >= 0.3 is 6.09 Å². The fourth-order valence-electron chi connectivity index (χ4n) is 2.68. The summed E-state index contributed by atoms with van der Waals surface area (Å²) in [6.45, 7) is 7.34. The molecule has 6 heteroatoms. The summed E-state index contributed by atoms with van der Waals surface area (Å²) in [4.78, 5) is 16.2. The van der Waals surface area contributed by atoms with Crippen molar-refractivity contribution in [2.45, 2.75) is 51.7 Å². The van der Waals surface area contributed by atoms with Crippen LogP contribution in [0.5, 0.6) is 0 Å². The third-order valence-corrected chi connectivity index (χ3v) is 3.78. The van der Waals surface area contributed by atoms with Crippen molar-refractivity contribution in [2.24, 2.45) is 5.92 Å². The number of piperidine rings is 1. The van der Waals surface area contributed by atoms with Crippen LogP contribution in [0.3, 0.4) is 0 Å². The lowest BCUT2D eigenvalue weighted by Crippen LogP contribution is -2.35. The quantitative estimate of drug-likeness (QED) is 0.793. The number of amides is 1.